The SMILES string of the molecule is C=CC[N+](C)(C)CC=C.C=CC[N+](C)(C)CC=C.C=CC[N+](C)(C)CC=C.O=S(=O)([O-])[O-].[Cl-]. The molecule has 0 saturated heterocycles. The lowest BCUT2D eigenvalue weighted by Gasteiger charge is -2.26. The lowest BCUT2D eigenvalue weighted by molar-refractivity contribution is -0.878. The molecule has 0 amide bonds. The first-order valence-electron chi connectivity index (χ1n) is 10.1. The van der Waals surface area contributed by atoms with E-state index < -0.39 is 10.4 Å². The Morgan fingerprint density at radius 1 is 0.515 bits per heavy atom. The van der Waals surface area contributed by atoms with Crippen molar-refractivity contribution < 1.29 is 43.4 Å². The zero-order valence-electron chi connectivity index (χ0n) is 21.7. The molecule has 0 heterocycles. The van der Waals surface area contributed by atoms with Crippen LogP contribution in [-0.2, 0) is 10.4 Å². The zero-order valence-corrected chi connectivity index (χ0v) is 23.3. The van der Waals surface area contributed by atoms with Gasteiger partial charge in [-0.3, -0.25) is 8.42 Å². The van der Waals surface area contributed by atoms with Crippen LogP contribution in [0.4, 0.5) is 0 Å². The van der Waals surface area contributed by atoms with Gasteiger partial charge in [0.15, 0.2) is 0 Å². The van der Waals surface area contributed by atoms with E-state index in [-0.39, 0.29) is 12.4 Å². The van der Waals surface area contributed by atoms with Gasteiger partial charge in [-0.15, -0.1) is 0 Å². The maximum Gasteiger partial charge on any atom is 0.0969 e. The Kier molecular flexibility index (Phi) is 28.2. The van der Waals surface area contributed by atoms with Crippen molar-refractivity contribution in [1.82, 2.24) is 0 Å². The minimum Gasteiger partial charge on any atom is -1.00 e. The molecule has 9 heteroatoms. The predicted octanol–water partition coefficient (Wildman–Crippen LogP) is -0.0296. The normalized spacial score (nSPS) is 10.7. The standard InChI is InChI=1S/3C8H16N.ClH.H2O4S/c3*1-5-7-9(3,4)8-6-2;;1-5(2,3)4/h3*5-6H,1-2,7-8H2,3-4H3;1H;(H2,1,2,3,4)/q3*+1;;/p-3. The second-order valence-electron chi connectivity index (χ2n) is 9.04. The van der Waals surface area contributed by atoms with Crippen molar-refractivity contribution in [2.45, 2.75) is 0 Å². The number of nitrogens with zero attached hydrogens (tertiary/aromatic N) is 3. The van der Waals surface area contributed by atoms with Crippen LogP contribution < -0.4 is 12.4 Å². The molecule has 0 aromatic rings. The van der Waals surface area contributed by atoms with Crippen molar-refractivity contribution in [2.75, 3.05) is 81.6 Å². The zero-order chi connectivity index (χ0) is 26.5. The largest absolute Gasteiger partial charge is 1.00 e. The van der Waals surface area contributed by atoms with E-state index >= 15 is 0 Å². The summed E-state index contributed by atoms with van der Waals surface area (Å²) in [5, 5.41) is 0. The van der Waals surface area contributed by atoms with E-state index in [9.17, 15) is 0 Å². The summed E-state index contributed by atoms with van der Waals surface area (Å²) in [5.74, 6) is 0. The molecule has 0 aliphatic rings. The molecule has 0 aliphatic heterocycles. The molecule has 196 valence electrons. The average Bonchev–Trinajstić information content (AvgIpc) is 2.53. The molecule has 0 aromatic heterocycles. The minimum atomic E-state index is -5.17. The van der Waals surface area contributed by atoms with Gasteiger partial charge in [0.25, 0.3) is 0 Å². The van der Waals surface area contributed by atoms with Crippen LogP contribution in [0.15, 0.2) is 75.9 Å². The summed E-state index contributed by atoms with van der Waals surface area (Å²) in [6.07, 6.45) is 11.6. The second kappa shape index (κ2) is 22.3. The van der Waals surface area contributed by atoms with Crippen LogP contribution in [0.1, 0.15) is 0 Å². The Hall–Kier alpha value is -1.52. The van der Waals surface area contributed by atoms with Gasteiger partial charge in [0, 0.05) is 10.4 Å². The Balaban J connectivity index is -0.000000107. The smallest absolute Gasteiger partial charge is 0.0969 e. The van der Waals surface area contributed by atoms with Gasteiger partial charge in [0.05, 0.1) is 81.6 Å². The van der Waals surface area contributed by atoms with E-state index in [1.54, 1.807) is 0 Å². The Bertz CT molecular complexity index is 548. The van der Waals surface area contributed by atoms with Crippen LogP contribution in [0.3, 0.4) is 0 Å². The first-order chi connectivity index (χ1) is 14.4. The van der Waals surface area contributed by atoms with Gasteiger partial charge in [0.2, 0.25) is 0 Å². The lowest BCUT2D eigenvalue weighted by Crippen LogP contribution is -3.00. The monoisotopic (exact) mass is 509 g/mol. The molecule has 7 nitrogen and oxygen atoms in total. The number of hydrogen-bond acceptors (Lipinski definition) is 4. The number of hydrogen-bond donors (Lipinski definition) is 0. The second-order valence-corrected chi connectivity index (χ2v) is 9.86. The molecule has 0 N–H and O–H groups in total. The molecular weight excluding hydrogens is 462 g/mol. The fourth-order valence-corrected chi connectivity index (χ4v) is 2.32. The van der Waals surface area contributed by atoms with Gasteiger partial charge >= 0.3 is 0 Å². The predicted molar refractivity (Wildman–Crippen MR) is 137 cm³/mol. The molecule has 0 bridgehead atoms. The van der Waals surface area contributed by atoms with E-state index in [1.807, 2.05) is 36.5 Å². The van der Waals surface area contributed by atoms with Gasteiger partial charge in [-0.1, -0.05) is 39.5 Å². The maximum atomic E-state index is 8.52. The van der Waals surface area contributed by atoms with Crippen molar-refractivity contribution >= 4 is 10.4 Å². The van der Waals surface area contributed by atoms with Crippen LogP contribution in [-0.4, -0.2) is 113 Å². The van der Waals surface area contributed by atoms with Crippen molar-refractivity contribution in [1.29, 1.82) is 0 Å². The van der Waals surface area contributed by atoms with E-state index in [0.717, 1.165) is 52.7 Å². The number of likely N-dealkylation sites (N-methyl/N-ethyl adjacent to an activating group) is 3. The van der Waals surface area contributed by atoms with Gasteiger partial charge in [-0.2, -0.15) is 0 Å². The third-order valence-electron chi connectivity index (χ3n) is 3.74. The van der Waals surface area contributed by atoms with Crippen LogP contribution in [0.5, 0.6) is 0 Å². The average molecular weight is 510 g/mol. The molecule has 0 spiro atoms. The van der Waals surface area contributed by atoms with Crippen molar-refractivity contribution in [3.8, 4) is 0 Å². The molecular formula is C24H48ClN3O4S. The van der Waals surface area contributed by atoms with E-state index in [4.69, 9.17) is 17.5 Å². The summed E-state index contributed by atoms with van der Waals surface area (Å²) in [6, 6.07) is 0. The van der Waals surface area contributed by atoms with Gasteiger partial charge < -0.3 is 35.0 Å². The summed E-state index contributed by atoms with van der Waals surface area (Å²) >= 11 is 0. The molecule has 0 unspecified atom stereocenters. The quantitative estimate of drug-likeness (QED) is 0.160. The van der Waals surface area contributed by atoms with Gasteiger partial charge in [0.1, 0.15) is 0 Å². The molecule has 0 atom stereocenters. The summed E-state index contributed by atoms with van der Waals surface area (Å²) in [6.45, 7) is 28.1. The highest BCUT2D eigenvalue weighted by atomic mass is 35.5. The summed E-state index contributed by atoms with van der Waals surface area (Å²) < 4.78 is 36.9. The van der Waals surface area contributed by atoms with Crippen LogP contribution in [0, 0.1) is 0 Å². The Morgan fingerprint density at radius 3 is 0.667 bits per heavy atom. The first-order valence-corrected chi connectivity index (χ1v) is 11.5. The van der Waals surface area contributed by atoms with E-state index in [1.165, 1.54) is 0 Å². The van der Waals surface area contributed by atoms with Crippen molar-refractivity contribution in [2.24, 2.45) is 0 Å². The summed E-state index contributed by atoms with van der Waals surface area (Å²) in [7, 11) is 7.77. The maximum absolute atomic E-state index is 8.52. The number of quaternary nitrogens is 3. The highest BCUT2D eigenvalue weighted by Crippen LogP contribution is 1.96. The molecule has 0 radical (unpaired) electrons. The highest BCUT2D eigenvalue weighted by Gasteiger charge is 2.09. The van der Waals surface area contributed by atoms with Crippen molar-refractivity contribution in [3.63, 3.8) is 0 Å². The molecule has 0 saturated carbocycles. The van der Waals surface area contributed by atoms with Crippen molar-refractivity contribution in [3.05, 3.63) is 75.9 Å². The highest BCUT2D eigenvalue weighted by molar-refractivity contribution is 7.79. The molecule has 0 rings (SSSR count). The Morgan fingerprint density at radius 2 is 0.606 bits per heavy atom. The molecule has 0 aliphatic carbocycles. The Labute approximate surface area is 211 Å². The first kappa shape index (κ1) is 41.7. The fourth-order valence-electron chi connectivity index (χ4n) is 2.32. The van der Waals surface area contributed by atoms with Gasteiger partial charge in [-0.25, -0.2) is 0 Å². The molecule has 0 fully saturated rings. The number of halogens is 1. The third-order valence-corrected chi connectivity index (χ3v) is 3.74. The van der Waals surface area contributed by atoms with Crippen LogP contribution in [0.25, 0.3) is 0 Å². The molecule has 33 heavy (non-hydrogen) atoms. The topological polar surface area (TPSA) is 80.3 Å². The van der Waals surface area contributed by atoms with Crippen LogP contribution in [0.2, 0.25) is 0 Å². The fraction of sp³-hybridized carbons (Fsp3) is 0.500. The summed E-state index contributed by atoms with van der Waals surface area (Å²) in [5.41, 5.74) is 0. The third kappa shape index (κ3) is 48.9. The van der Waals surface area contributed by atoms with Crippen LogP contribution >= 0.6 is 0 Å². The molecule has 0 aromatic carbocycles. The number of rotatable bonds is 12. The van der Waals surface area contributed by atoms with E-state index in [2.05, 4.69) is 81.8 Å². The van der Waals surface area contributed by atoms with E-state index in [0.29, 0.717) is 0 Å². The lowest BCUT2D eigenvalue weighted by atomic mass is 10.4. The minimum absolute atomic E-state index is 0. The summed E-state index contributed by atoms with van der Waals surface area (Å²) in [4.78, 5) is 0. The van der Waals surface area contributed by atoms with Gasteiger partial charge in [-0.05, 0) is 36.5 Å².